The number of carbonyl (C=O) groups is 1. The minimum atomic E-state index is -0.549. The Balaban J connectivity index is 2.28. The number of hydrogen-bond donors (Lipinski definition) is 1. The van der Waals surface area contributed by atoms with Gasteiger partial charge in [-0.1, -0.05) is 12.1 Å². The van der Waals surface area contributed by atoms with Crippen LogP contribution < -0.4 is 10.1 Å². The second-order valence-electron chi connectivity index (χ2n) is 4.08. The first-order valence-corrected chi connectivity index (χ1v) is 6.70. The van der Waals surface area contributed by atoms with Crippen LogP contribution in [0.4, 0.5) is 11.4 Å². The molecule has 0 aromatic heterocycles. The van der Waals surface area contributed by atoms with E-state index in [2.05, 4.69) is 21.2 Å². The molecule has 2 aromatic carbocycles. The lowest BCUT2D eigenvalue weighted by Gasteiger charge is -2.08. The zero-order chi connectivity index (χ0) is 15.4. The van der Waals surface area contributed by atoms with E-state index >= 15 is 0 Å². The molecule has 6 nitrogen and oxygen atoms in total. The maximum atomic E-state index is 12.2. The van der Waals surface area contributed by atoms with Crippen molar-refractivity contribution in [1.82, 2.24) is 0 Å². The van der Waals surface area contributed by atoms with Crippen molar-refractivity contribution in [3.05, 3.63) is 62.6 Å². The van der Waals surface area contributed by atoms with Crippen molar-refractivity contribution < 1.29 is 14.5 Å². The highest BCUT2D eigenvalue weighted by atomic mass is 79.9. The Hall–Kier alpha value is -2.41. The highest BCUT2D eigenvalue weighted by molar-refractivity contribution is 9.10. The van der Waals surface area contributed by atoms with E-state index in [4.69, 9.17) is 4.74 Å². The van der Waals surface area contributed by atoms with Crippen molar-refractivity contribution in [3.8, 4) is 5.75 Å². The minimum absolute atomic E-state index is 0.149. The van der Waals surface area contributed by atoms with Crippen LogP contribution in [0, 0.1) is 10.1 Å². The number of nitro groups is 1. The zero-order valence-corrected chi connectivity index (χ0v) is 12.6. The summed E-state index contributed by atoms with van der Waals surface area (Å²) in [5.74, 6) is 0.157. The molecule has 0 heterocycles. The lowest BCUT2D eigenvalue weighted by Crippen LogP contribution is -2.13. The van der Waals surface area contributed by atoms with Gasteiger partial charge in [0, 0.05) is 17.8 Å². The molecule has 0 aliphatic rings. The number of anilines is 1. The average molecular weight is 351 g/mol. The van der Waals surface area contributed by atoms with Gasteiger partial charge in [-0.15, -0.1) is 0 Å². The Kier molecular flexibility index (Phi) is 4.54. The van der Waals surface area contributed by atoms with Gasteiger partial charge in [-0.25, -0.2) is 0 Å². The number of nitrogens with zero attached hydrogens (tertiary/aromatic N) is 1. The van der Waals surface area contributed by atoms with Crippen LogP contribution in [0.3, 0.4) is 0 Å². The number of amides is 1. The molecule has 0 fully saturated rings. The Morgan fingerprint density at radius 3 is 2.67 bits per heavy atom. The van der Waals surface area contributed by atoms with Crippen molar-refractivity contribution >= 4 is 33.2 Å². The largest absolute Gasteiger partial charge is 0.497 e. The van der Waals surface area contributed by atoms with Gasteiger partial charge in [0.15, 0.2) is 0 Å². The normalized spacial score (nSPS) is 10.0. The van der Waals surface area contributed by atoms with Crippen molar-refractivity contribution in [2.75, 3.05) is 12.4 Å². The van der Waals surface area contributed by atoms with Gasteiger partial charge >= 0.3 is 0 Å². The second-order valence-corrected chi connectivity index (χ2v) is 4.87. The molecule has 0 aliphatic carbocycles. The summed E-state index contributed by atoms with van der Waals surface area (Å²) in [6.07, 6.45) is 0. The van der Waals surface area contributed by atoms with E-state index in [-0.39, 0.29) is 15.7 Å². The molecule has 0 spiro atoms. The highest BCUT2D eigenvalue weighted by Gasteiger charge is 2.19. The maximum absolute atomic E-state index is 12.2. The quantitative estimate of drug-likeness (QED) is 0.674. The molecular formula is C14H11BrN2O4. The summed E-state index contributed by atoms with van der Waals surface area (Å²) in [5.41, 5.74) is 0.568. The molecule has 0 aliphatic heterocycles. The molecule has 1 N–H and O–H groups in total. The molecule has 108 valence electrons. The second kappa shape index (κ2) is 6.36. The maximum Gasteiger partial charge on any atom is 0.284 e. The van der Waals surface area contributed by atoms with Crippen LogP contribution in [-0.2, 0) is 0 Å². The Morgan fingerprint density at radius 2 is 2.00 bits per heavy atom. The lowest BCUT2D eigenvalue weighted by atomic mass is 10.2. The standard InChI is InChI=1S/C14H11BrN2O4/c1-21-10-5-2-4-9(8-10)16-14(18)11-6-3-7-12(13(11)15)17(19)20/h2-8H,1H3,(H,16,18). The summed E-state index contributed by atoms with van der Waals surface area (Å²) in [5, 5.41) is 13.5. The van der Waals surface area contributed by atoms with Gasteiger partial charge in [-0.05, 0) is 34.1 Å². The first-order valence-electron chi connectivity index (χ1n) is 5.91. The van der Waals surface area contributed by atoms with Crippen LogP contribution in [0.25, 0.3) is 0 Å². The van der Waals surface area contributed by atoms with Crippen molar-refractivity contribution in [3.63, 3.8) is 0 Å². The van der Waals surface area contributed by atoms with Crippen LogP contribution in [-0.4, -0.2) is 17.9 Å². The van der Waals surface area contributed by atoms with Gasteiger partial charge < -0.3 is 10.1 Å². The van der Waals surface area contributed by atoms with E-state index in [0.29, 0.717) is 11.4 Å². The molecule has 2 rings (SSSR count). The molecule has 7 heteroatoms. The SMILES string of the molecule is COc1cccc(NC(=O)c2cccc([N+](=O)[O-])c2Br)c1. The van der Waals surface area contributed by atoms with E-state index in [9.17, 15) is 14.9 Å². The average Bonchev–Trinajstić information content (AvgIpc) is 2.47. The Morgan fingerprint density at radius 1 is 1.29 bits per heavy atom. The topological polar surface area (TPSA) is 81.5 Å². The zero-order valence-electron chi connectivity index (χ0n) is 11.0. The first kappa shape index (κ1) is 15.0. The van der Waals surface area contributed by atoms with Gasteiger partial charge in [-0.2, -0.15) is 0 Å². The molecule has 0 saturated heterocycles. The molecule has 2 aromatic rings. The number of ether oxygens (including phenoxy) is 1. The minimum Gasteiger partial charge on any atom is -0.497 e. The number of nitrogens with one attached hydrogen (secondary N) is 1. The fourth-order valence-corrected chi connectivity index (χ4v) is 2.32. The fourth-order valence-electron chi connectivity index (χ4n) is 1.74. The fraction of sp³-hybridized carbons (Fsp3) is 0.0714. The summed E-state index contributed by atoms with van der Waals surface area (Å²) in [7, 11) is 1.53. The van der Waals surface area contributed by atoms with Crippen LogP contribution in [0.1, 0.15) is 10.4 Å². The van der Waals surface area contributed by atoms with Crippen molar-refractivity contribution in [2.24, 2.45) is 0 Å². The smallest absolute Gasteiger partial charge is 0.284 e. The molecule has 0 radical (unpaired) electrons. The molecule has 0 atom stereocenters. The Labute approximate surface area is 129 Å². The van der Waals surface area contributed by atoms with Gasteiger partial charge in [0.1, 0.15) is 10.2 Å². The van der Waals surface area contributed by atoms with E-state index in [1.54, 1.807) is 24.3 Å². The third-order valence-corrected chi connectivity index (χ3v) is 3.58. The third-order valence-electron chi connectivity index (χ3n) is 2.75. The van der Waals surface area contributed by atoms with Gasteiger partial charge in [-0.3, -0.25) is 14.9 Å². The number of hydrogen-bond acceptors (Lipinski definition) is 4. The summed E-state index contributed by atoms with van der Waals surface area (Å²) in [6.45, 7) is 0. The summed E-state index contributed by atoms with van der Waals surface area (Å²) < 4.78 is 5.22. The highest BCUT2D eigenvalue weighted by Crippen LogP contribution is 2.29. The summed E-state index contributed by atoms with van der Waals surface area (Å²) in [4.78, 5) is 22.5. The number of halogens is 1. The number of benzene rings is 2. The van der Waals surface area contributed by atoms with Crippen LogP contribution in [0.15, 0.2) is 46.9 Å². The van der Waals surface area contributed by atoms with Gasteiger partial charge in [0.25, 0.3) is 11.6 Å². The van der Waals surface area contributed by atoms with Gasteiger partial charge in [0.2, 0.25) is 0 Å². The predicted octanol–water partition coefficient (Wildman–Crippen LogP) is 3.62. The molecule has 0 bridgehead atoms. The first-order chi connectivity index (χ1) is 10.0. The van der Waals surface area contributed by atoms with E-state index in [1.165, 1.54) is 25.3 Å². The predicted molar refractivity (Wildman–Crippen MR) is 81.7 cm³/mol. The molecule has 1 amide bonds. The molecule has 0 unspecified atom stereocenters. The number of carbonyl (C=O) groups excluding carboxylic acids is 1. The van der Waals surface area contributed by atoms with Crippen molar-refractivity contribution in [1.29, 1.82) is 0 Å². The number of methoxy groups -OCH3 is 1. The van der Waals surface area contributed by atoms with Crippen LogP contribution in [0.5, 0.6) is 5.75 Å². The lowest BCUT2D eigenvalue weighted by molar-refractivity contribution is -0.385. The van der Waals surface area contributed by atoms with Gasteiger partial charge in [0.05, 0.1) is 17.6 Å². The summed E-state index contributed by atoms with van der Waals surface area (Å²) >= 11 is 3.10. The molecule has 21 heavy (non-hydrogen) atoms. The third kappa shape index (κ3) is 3.38. The summed E-state index contributed by atoms with van der Waals surface area (Å²) in [6, 6.07) is 11.1. The van der Waals surface area contributed by atoms with E-state index in [0.717, 1.165) is 0 Å². The number of nitro benzene ring substituents is 1. The van der Waals surface area contributed by atoms with E-state index < -0.39 is 10.8 Å². The number of rotatable bonds is 4. The van der Waals surface area contributed by atoms with E-state index in [1.807, 2.05) is 0 Å². The molecular weight excluding hydrogens is 340 g/mol. The molecule has 0 saturated carbocycles. The van der Waals surface area contributed by atoms with Crippen molar-refractivity contribution in [2.45, 2.75) is 0 Å². The van der Waals surface area contributed by atoms with Crippen LogP contribution >= 0.6 is 15.9 Å². The van der Waals surface area contributed by atoms with Crippen LogP contribution in [0.2, 0.25) is 0 Å². The monoisotopic (exact) mass is 350 g/mol. The Bertz CT molecular complexity index is 703.